The van der Waals surface area contributed by atoms with E-state index in [0.29, 0.717) is 16.9 Å². The first kappa shape index (κ1) is 13.4. The van der Waals surface area contributed by atoms with Gasteiger partial charge in [-0.3, -0.25) is 0 Å². The lowest BCUT2D eigenvalue weighted by Gasteiger charge is -2.56. The van der Waals surface area contributed by atoms with Crippen LogP contribution in [0.3, 0.4) is 0 Å². The molecule has 1 heterocycles. The normalized spacial score (nSPS) is 34.8. The Morgan fingerprint density at radius 2 is 1.65 bits per heavy atom. The van der Waals surface area contributed by atoms with E-state index in [9.17, 15) is 0 Å². The Morgan fingerprint density at radius 3 is 2.18 bits per heavy atom. The van der Waals surface area contributed by atoms with E-state index < -0.39 is 0 Å². The molecule has 0 aromatic heterocycles. The van der Waals surface area contributed by atoms with Crippen molar-refractivity contribution in [1.29, 1.82) is 0 Å². The first-order chi connectivity index (χ1) is 7.79. The van der Waals surface area contributed by atoms with E-state index in [1.54, 1.807) is 0 Å². The first-order valence-electron chi connectivity index (χ1n) is 7.16. The second-order valence-electron chi connectivity index (χ2n) is 7.69. The predicted molar refractivity (Wildman–Crippen MR) is 72.2 cm³/mol. The Balaban J connectivity index is 2.27. The smallest absolute Gasteiger partial charge is 0.0845 e. The van der Waals surface area contributed by atoms with Gasteiger partial charge in [-0.05, 0) is 36.5 Å². The second kappa shape index (κ2) is 4.24. The lowest BCUT2D eigenvalue weighted by molar-refractivity contribution is -0.167. The molecule has 100 valence electrons. The van der Waals surface area contributed by atoms with Crippen molar-refractivity contribution in [1.82, 2.24) is 5.32 Å². The van der Waals surface area contributed by atoms with Crippen molar-refractivity contribution in [3.05, 3.63) is 0 Å². The molecule has 0 aromatic rings. The van der Waals surface area contributed by atoms with Gasteiger partial charge in [0.15, 0.2) is 0 Å². The van der Waals surface area contributed by atoms with Crippen LogP contribution in [0.15, 0.2) is 0 Å². The molecule has 2 rings (SSSR count). The summed E-state index contributed by atoms with van der Waals surface area (Å²) >= 11 is 0. The molecule has 1 atom stereocenters. The number of nitrogens with one attached hydrogen (secondary N) is 1. The van der Waals surface area contributed by atoms with Gasteiger partial charge in [-0.15, -0.1) is 0 Å². The summed E-state index contributed by atoms with van der Waals surface area (Å²) in [5, 5.41) is 3.68. The molecule has 2 nitrogen and oxygen atoms in total. The van der Waals surface area contributed by atoms with Gasteiger partial charge < -0.3 is 10.1 Å². The largest absolute Gasteiger partial charge is 0.372 e. The molecule has 1 aliphatic heterocycles. The first-order valence-corrected chi connectivity index (χ1v) is 7.16. The fraction of sp³-hybridized carbons (Fsp3) is 1.00. The minimum absolute atomic E-state index is 0.0816. The zero-order chi connectivity index (χ0) is 12.7. The van der Waals surface area contributed by atoms with E-state index in [4.69, 9.17) is 4.74 Å². The van der Waals surface area contributed by atoms with Gasteiger partial charge in [0.05, 0.1) is 12.2 Å². The van der Waals surface area contributed by atoms with E-state index in [1.807, 2.05) is 0 Å². The highest BCUT2D eigenvalue weighted by atomic mass is 16.5. The van der Waals surface area contributed by atoms with Gasteiger partial charge in [0.2, 0.25) is 0 Å². The summed E-state index contributed by atoms with van der Waals surface area (Å²) in [7, 11) is 0. The van der Waals surface area contributed by atoms with Gasteiger partial charge in [0.1, 0.15) is 0 Å². The summed E-state index contributed by atoms with van der Waals surface area (Å²) in [5.41, 5.74) is 0.876. The maximum atomic E-state index is 6.32. The van der Waals surface area contributed by atoms with Crippen LogP contribution in [0.2, 0.25) is 0 Å². The van der Waals surface area contributed by atoms with E-state index in [-0.39, 0.29) is 5.60 Å². The molecule has 1 spiro atoms. The quantitative estimate of drug-likeness (QED) is 0.757. The SMILES string of the molecule is CCC1NCCOC12CC(C)(C)CC(C)(C)C2. The molecular formula is C15H29NO. The molecule has 1 unspecified atom stereocenters. The molecule has 0 aromatic carbocycles. The van der Waals surface area contributed by atoms with Gasteiger partial charge in [-0.1, -0.05) is 34.6 Å². The summed E-state index contributed by atoms with van der Waals surface area (Å²) in [5.74, 6) is 0. The molecule has 17 heavy (non-hydrogen) atoms. The summed E-state index contributed by atoms with van der Waals surface area (Å²) in [4.78, 5) is 0. The van der Waals surface area contributed by atoms with Crippen LogP contribution in [-0.2, 0) is 4.74 Å². The maximum Gasteiger partial charge on any atom is 0.0845 e. The van der Waals surface area contributed by atoms with Crippen molar-refractivity contribution in [3.63, 3.8) is 0 Å². The summed E-state index contributed by atoms with van der Waals surface area (Å²) in [6.45, 7) is 13.8. The fourth-order valence-electron chi connectivity index (χ4n) is 4.74. The molecule has 1 saturated carbocycles. The van der Waals surface area contributed by atoms with Gasteiger partial charge in [-0.25, -0.2) is 0 Å². The Bertz CT molecular complexity index is 267. The Hall–Kier alpha value is -0.0800. The number of hydrogen-bond acceptors (Lipinski definition) is 2. The molecule has 1 saturated heterocycles. The van der Waals surface area contributed by atoms with E-state index >= 15 is 0 Å². The van der Waals surface area contributed by atoms with Crippen LogP contribution in [0, 0.1) is 10.8 Å². The Morgan fingerprint density at radius 1 is 1.06 bits per heavy atom. The average Bonchev–Trinajstić information content (AvgIpc) is 2.12. The lowest BCUT2D eigenvalue weighted by Crippen LogP contribution is -2.62. The number of morpholine rings is 1. The minimum atomic E-state index is 0.0816. The number of ether oxygens (including phenoxy) is 1. The van der Waals surface area contributed by atoms with Crippen molar-refractivity contribution >= 4 is 0 Å². The average molecular weight is 239 g/mol. The van der Waals surface area contributed by atoms with Crippen LogP contribution >= 0.6 is 0 Å². The Labute approximate surface area is 107 Å². The molecule has 2 heteroatoms. The molecular weight excluding hydrogens is 210 g/mol. The molecule has 1 N–H and O–H groups in total. The van der Waals surface area contributed by atoms with Gasteiger partial charge in [-0.2, -0.15) is 0 Å². The standard InChI is InChI=1S/C15H29NO/c1-6-12-15(17-8-7-16-12)10-13(2,3)9-14(4,5)11-15/h12,16H,6-11H2,1-5H3. The minimum Gasteiger partial charge on any atom is -0.372 e. The molecule has 0 bridgehead atoms. The maximum absolute atomic E-state index is 6.32. The van der Waals surface area contributed by atoms with E-state index in [1.165, 1.54) is 25.7 Å². The highest BCUT2D eigenvalue weighted by molar-refractivity contribution is 5.05. The third kappa shape index (κ3) is 2.68. The van der Waals surface area contributed by atoms with Gasteiger partial charge >= 0.3 is 0 Å². The van der Waals surface area contributed by atoms with Crippen LogP contribution in [0.1, 0.15) is 60.3 Å². The predicted octanol–water partition coefficient (Wildman–Crippen LogP) is 3.36. The topological polar surface area (TPSA) is 21.3 Å². The third-order valence-electron chi connectivity index (χ3n) is 4.44. The van der Waals surface area contributed by atoms with Gasteiger partial charge in [0, 0.05) is 12.6 Å². The lowest BCUT2D eigenvalue weighted by atomic mass is 9.57. The zero-order valence-electron chi connectivity index (χ0n) is 12.2. The van der Waals surface area contributed by atoms with Crippen LogP contribution in [0.25, 0.3) is 0 Å². The monoisotopic (exact) mass is 239 g/mol. The molecule has 1 aliphatic carbocycles. The van der Waals surface area contributed by atoms with E-state index in [2.05, 4.69) is 39.9 Å². The highest BCUT2D eigenvalue weighted by Crippen LogP contribution is 2.53. The van der Waals surface area contributed by atoms with Crippen LogP contribution < -0.4 is 5.32 Å². The van der Waals surface area contributed by atoms with Crippen molar-refractivity contribution < 1.29 is 4.74 Å². The highest BCUT2D eigenvalue weighted by Gasteiger charge is 2.52. The summed E-state index contributed by atoms with van der Waals surface area (Å²) in [6, 6.07) is 0.537. The molecule has 0 amide bonds. The van der Waals surface area contributed by atoms with Crippen molar-refractivity contribution in [2.75, 3.05) is 13.2 Å². The zero-order valence-corrected chi connectivity index (χ0v) is 12.2. The summed E-state index contributed by atoms with van der Waals surface area (Å²) in [6.07, 6.45) is 4.89. The van der Waals surface area contributed by atoms with Crippen molar-refractivity contribution in [3.8, 4) is 0 Å². The number of hydrogen-bond donors (Lipinski definition) is 1. The molecule has 0 radical (unpaired) electrons. The Kier molecular flexibility index (Phi) is 3.33. The van der Waals surface area contributed by atoms with Crippen molar-refractivity contribution in [2.24, 2.45) is 10.8 Å². The third-order valence-corrected chi connectivity index (χ3v) is 4.44. The van der Waals surface area contributed by atoms with Crippen LogP contribution in [-0.4, -0.2) is 24.8 Å². The molecule has 2 fully saturated rings. The number of rotatable bonds is 1. The van der Waals surface area contributed by atoms with Crippen molar-refractivity contribution in [2.45, 2.75) is 71.9 Å². The van der Waals surface area contributed by atoms with Gasteiger partial charge in [0.25, 0.3) is 0 Å². The second-order valence-corrected chi connectivity index (χ2v) is 7.69. The fourth-order valence-corrected chi connectivity index (χ4v) is 4.74. The molecule has 2 aliphatic rings. The van der Waals surface area contributed by atoms with Crippen LogP contribution in [0.5, 0.6) is 0 Å². The summed E-state index contributed by atoms with van der Waals surface area (Å²) < 4.78 is 6.32. The van der Waals surface area contributed by atoms with E-state index in [0.717, 1.165) is 13.2 Å². The van der Waals surface area contributed by atoms with Crippen LogP contribution in [0.4, 0.5) is 0 Å².